The smallest absolute Gasteiger partial charge is 0.444 e. The number of hydrogen-bond acceptors (Lipinski definition) is 4. The fraction of sp³-hybridized carbons (Fsp3) is 0.636. The van der Waals surface area contributed by atoms with Crippen LogP contribution in [0.4, 0.5) is 27.2 Å². The number of alkyl halides is 3. The second-order valence-corrected chi connectivity index (χ2v) is 9.32. The lowest BCUT2D eigenvalue weighted by Gasteiger charge is -2.39. The summed E-state index contributed by atoms with van der Waals surface area (Å²) in [7, 11) is 0. The number of carbonyl (C=O) groups excluding carboxylic acids is 2. The van der Waals surface area contributed by atoms with Crippen molar-refractivity contribution in [1.29, 1.82) is 0 Å². The maximum Gasteiger partial charge on any atom is 0.573 e. The summed E-state index contributed by atoms with van der Waals surface area (Å²) in [5.74, 6) is -1.58. The molecular formula is C22H29F4N3O4. The van der Waals surface area contributed by atoms with Crippen molar-refractivity contribution in [2.24, 2.45) is 0 Å². The van der Waals surface area contributed by atoms with E-state index in [-0.39, 0.29) is 24.2 Å². The first kappa shape index (κ1) is 24.9. The summed E-state index contributed by atoms with van der Waals surface area (Å²) in [6, 6.07) is 2.21. The van der Waals surface area contributed by atoms with Gasteiger partial charge < -0.3 is 24.6 Å². The van der Waals surface area contributed by atoms with Gasteiger partial charge in [-0.25, -0.2) is 14.0 Å². The fourth-order valence-corrected chi connectivity index (χ4v) is 3.79. The molecule has 2 aliphatic rings. The van der Waals surface area contributed by atoms with E-state index in [0.717, 1.165) is 37.8 Å². The number of amides is 3. The lowest BCUT2D eigenvalue weighted by molar-refractivity contribution is -0.274. The van der Waals surface area contributed by atoms with Crippen molar-refractivity contribution >= 4 is 12.1 Å². The van der Waals surface area contributed by atoms with Gasteiger partial charge in [0, 0.05) is 37.3 Å². The van der Waals surface area contributed by atoms with Gasteiger partial charge in [0.1, 0.15) is 17.2 Å². The van der Waals surface area contributed by atoms with Crippen LogP contribution in [0.3, 0.4) is 0 Å². The molecule has 1 atom stereocenters. The summed E-state index contributed by atoms with van der Waals surface area (Å²) < 4.78 is 60.2. The minimum absolute atomic E-state index is 0.0349. The van der Waals surface area contributed by atoms with Gasteiger partial charge in [-0.3, -0.25) is 0 Å². The molecule has 33 heavy (non-hydrogen) atoms. The van der Waals surface area contributed by atoms with Gasteiger partial charge in [-0.1, -0.05) is 6.07 Å². The average Bonchev–Trinajstić information content (AvgIpc) is 3.50. The minimum Gasteiger partial charge on any atom is -0.444 e. The number of rotatable bonds is 5. The van der Waals surface area contributed by atoms with Crippen molar-refractivity contribution in [3.63, 3.8) is 0 Å². The molecule has 1 N–H and O–H groups in total. The molecule has 0 radical (unpaired) electrons. The molecule has 0 bridgehead atoms. The molecule has 0 unspecified atom stereocenters. The molecule has 1 aliphatic heterocycles. The zero-order valence-corrected chi connectivity index (χ0v) is 18.9. The molecule has 0 spiro atoms. The van der Waals surface area contributed by atoms with E-state index in [4.69, 9.17) is 4.74 Å². The van der Waals surface area contributed by atoms with Gasteiger partial charge in [0.05, 0.1) is 6.04 Å². The summed E-state index contributed by atoms with van der Waals surface area (Å²) in [4.78, 5) is 28.7. The van der Waals surface area contributed by atoms with Crippen molar-refractivity contribution in [1.82, 2.24) is 15.1 Å². The minimum atomic E-state index is -4.92. The van der Waals surface area contributed by atoms with E-state index in [1.165, 1.54) is 0 Å². The molecule has 184 valence electrons. The Labute approximate surface area is 190 Å². The Morgan fingerprint density at radius 3 is 2.42 bits per heavy atom. The highest BCUT2D eigenvalue weighted by Crippen LogP contribution is 2.32. The van der Waals surface area contributed by atoms with E-state index in [0.29, 0.717) is 19.2 Å². The van der Waals surface area contributed by atoms with E-state index in [1.54, 1.807) is 30.6 Å². The maximum atomic E-state index is 14.2. The van der Waals surface area contributed by atoms with E-state index < -0.39 is 35.7 Å². The highest BCUT2D eigenvalue weighted by Gasteiger charge is 2.40. The van der Waals surface area contributed by atoms with Crippen LogP contribution in [-0.4, -0.2) is 59.1 Å². The lowest BCUT2D eigenvalue weighted by atomic mass is 10.0. The Hall–Kier alpha value is -2.72. The average molecular weight is 475 g/mol. The third-order valence-corrected chi connectivity index (χ3v) is 5.30. The summed E-state index contributed by atoms with van der Waals surface area (Å²) in [6.07, 6.45) is -2.22. The van der Waals surface area contributed by atoms with Crippen LogP contribution in [0, 0.1) is 5.82 Å². The molecule has 3 rings (SSSR count). The third-order valence-electron chi connectivity index (χ3n) is 5.30. The van der Waals surface area contributed by atoms with Gasteiger partial charge in [-0.05, 0) is 52.5 Å². The monoisotopic (exact) mass is 475 g/mol. The molecule has 1 aromatic carbocycles. The third kappa shape index (κ3) is 7.40. The van der Waals surface area contributed by atoms with Crippen LogP contribution in [0.25, 0.3) is 0 Å². The Bertz CT molecular complexity index is 868. The summed E-state index contributed by atoms with van der Waals surface area (Å²) in [6.45, 7) is 6.06. The first-order valence-electron chi connectivity index (χ1n) is 10.9. The molecule has 3 amide bonds. The van der Waals surface area contributed by atoms with Crippen LogP contribution in [-0.2, 0) is 11.3 Å². The number of nitrogens with one attached hydrogen (secondary N) is 1. The molecule has 1 saturated heterocycles. The zero-order chi connectivity index (χ0) is 24.4. The second-order valence-electron chi connectivity index (χ2n) is 9.32. The predicted molar refractivity (Wildman–Crippen MR) is 111 cm³/mol. The molecule has 11 heteroatoms. The van der Waals surface area contributed by atoms with Gasteiger partial charge in [0.2, 0.25) is 0 Å². The quantitative estimate of drug-likeness (QED) is 0.622. The van der Waals surface area contributed by atoms with Crippen LogP contribution in [0.2, 0.25) is 0 Å². The molecule has 1 aromatic rings. The summed E-state index contributed by atoms with van der Waals surface area (Å²) >= 11 is 0. The number of nitrogens with zero attached hydrogens (tertiary/aromatic N) is 2. The first-order valence-corrected chi connectivity index (χ1v) is 10.9. The van der Waals surface area contributed by atoms with E-state index >= 15 is 0 Å². The van der Waals surface area contributed by atoms with Crippen LogP contribution in [0.1, 0.15) is 52.0 Å². The van der Waals surface area contributed by atoms with Crippen LogP contribution in [0.5, 0.6) is 5.75 Å². The Morgan fingerprint density at radius 2 is 1.85 bits per heavy atom. The number of urea groups is 1. The maximum absolute atomic E-state index is 14.2. The molecule has 1 heterocycles. The Morgan fingerprint density at radius 1 is 1.15 bits per heavy atom. The van der Waals surface area contributed by atoms with Gasteiger partial charge >= 0.3 is 18.5 Å². The van der Waals surface area contributed by atoms with Crippen LogP contribution in [0.15, 0.2) is 18.2 Å². The van der Waals surface area contributed by atoms with Gasteiger partial charge in [-0.15, -0.1) is 13.2 Å². The normalized spacial score (nSPS) is 19.1. The van der Waals surface area contributed by atoms with Gasteiger partial charge in [0.25, 0.3) is 0 Å². The van der Waals surface area contributed by atoms with Crippen LogP contribution >= 0.6 is 0 Å². The summed E-state index contributed by atoms with van der Waals surface area (Å²) in [5.41, 5.74) is -0.588. The highest BCUT2D eigenvalue weighted by molar-refractivity contribution is 5.75. The standard InChI is InChI=1S/C22H29F4N3O4/c1-21(2,3)33-20(31)28-10-4-5-16(13-28)29(15-7-8-15)19(30)27-12-14-6-9-17(11-18(14)23)32-22(24,25)26/h6,9,11,15-16H,4-5,7-8,10,12-13H2,1-3H3,(H,27,30)/t16-/m1/s1. The van der Waals surface area contributed by atoms with Crippen molar-refractivity contribution in [2.45, 2.75) is 77.0 Å². The van der Waals surface area contributed by atoms with E-state index in [1.807, 2.05) is 0 Å². The second kappa shape index (κ2) is 9.64. The van der Waals surface area contributed by atoms with Gasteiger partial charge in [0.15, 0.2) is 0 Å². The molecular weight excluding hydrogens is 446 g/mol. The number of hydrogen-bond donors (Lipinski definition) is 1. The van der Waals surface area contributed by atoms with Crippen molar-refractivity contribution in [3.8, 4) is 5.75 Å². The summed E-state index contributed by atoms with van der Waals surface area (Å²) in [5, 5.41) is 2.66. The lowest BCUT2D eigenvalue weighted by Crippen LogP contribution is -2.55. The zero-order valence-electron chi connectivity index (χ0n) is 18.9. The Balaban J connectivity index is 1.61. The number of piperidine rings is 1. The Kier molecular flexibility index (Phi) is 7.28. The molecule has 1 aliphatic carbocycles. The molecule has 1 saturated carbocycles. The van der Waals surface area contributed by atoms with E-state index in [2.05, 4.69) is 10.1 Å². The van der Waals surface area contributed by atoms with E-state index in [9.17, 15) is 27.2 Å². The number of likely N-dealkylation sites (tertiary alicyclic amines) is 1. The fourth-order valence-electron chi connectivity index (χ4n) is 3.79. The highest BCUT2D eigenvalue weighted by atomic mass is 19.4. The molecule has 7 nitrogen and oxygen atoms in total. The predicted octanol–water partition coefficient (Wildman–Crippen LogP) is 4.80. The van der Waals surface area contributed by atoms with Crippen LogP contribution < -0.4 is 10.1 Å². The van der Waals surface area contributed by atoms with Gasteiger partial charge in [-0.2, -0.15) is 0 Å². The molecule has 0 aromatic heterocycles. The number of halogens is 4. The van der Waals surface area contributed by atoms with Crippen molar-refractivity contribution in [2.75, 3.05) is 13.1 Å². The van der Waals surface area contributed by atoms with Crippen molar-refractivity contribution in [3.05, 3.63) is 29.6 Å². The number of carbonyl (C=O) groups is 2. The SMILES string of the molecule is CC(C)(C)OC(=O)N1CCC[C@@H](N(C(=O)NCc2ccc(OC(F)(F)F)cc2F)C2CC2)C1. The number of benzene rings is 1. The molecule has 2 fully saturated rings. The topological polar surface area (TPSA) is 71.1 Å². The van der Waals surface area contributed by atoms with Crippen molar-refractivity contribution < 1.29 is 36.6 Å². The first-order chi connectivity index (χ1) is 15.3. The largest absolute Gasteiger partial charge is 0.573 e. The number of ether oxygens (including phenoxy) is 2.